The number of halogens is 1. The zero-order valence-electron chi connectivity index (χ0n) is 10.3. The summed E-state index contributed by atoms with van der Waals surface area (Å²) in [4.78, 5) is 10.1. The third-order valence-corrected chi connectivity index (χ3v) is 2.79. The molecule has 6 nitrogen and oxygen atoms in total. The average Bonchev–Trinajstić information content (AvgIpc) is 2.75. The van der Waals surface area contributed by atoms with Gasteiger partial charge in [-0.2, -0.15) is 9.49 Å². The summed E-state index contributed by atoms with van der Waals surface area (Å²) in [7, 11) is 1.82. The number of hydrogen-bond acceptors (Lipinski definition) is 4. The molecule has 0 saturated heterocycles. The van der Waals surface area contributed by atoms with E-state index in [4.69, 9.17) is 0 Å². The molecule has 0 unspecified atom stereocenters. The van der Waals surface area contributed by atoms with Crippen LogP contribution in [0.3, 0.4) is 0 Å². The summed E-state index contributed by atoms with van der Waals surface area (Å²) < 4.78 is 15.1. The first-order valence-corrected chi connectivity index (χ1v) is 5.73. The molecule has 2 rings (SSSR count). The topological polar surface area (TPSA) is 73.0 Å². The molecule has 7 heteroatoms. The van der Waals surface area contributed by atoms with Crippen molar-refractivity contribution in [2.24, 2.45) is 7.05 Å². The zero-order valence-corrected chi connectivity index (χ0v) is 10.3. The molecule has 0 amide bonds. The van der Waals surface area contributed by atoms with Gasteiger partial charge in [-0.25, -0.2) is 0 Å². The van der Waals surface area contributed by atoms with E-state index in [9.17, 15) is 14.5 Å². The van der Waals surface area contributed by atoms with Gasteiger partial charge in [0.25, 0.3) is 0 Å². The average molecular weight is 264 g/mol. The van der Waals surface area contributed by atoms with E-state index in [-0.39, 0.29) is 5.69 Å². The Morgan fingerprint density at radius 3 is 2.89 bits per heavy atom. The summed E-state index contributed by atoms with van der Waals surface area (Å²) >= 11 is 0. The Kier molecular flexibility index (Phi) is 3.74. The number of rotatable bonds is 5. The van der Waals surface area contributed by atoms with Gasteiger partial charge in [0, 0.05) is 31.9 Å². The highest BCUT2D eigenvalue weighted by atomic mass is 19.1. The van der Waals surface area contributed by atoms with Crippen LogP contribution in [0.5, 0.6) is 0 Å². The predicted octanol–water partition coefficient (Wildman–Crippen LogP) is 2.12. The Labute approximate surface area is 109 Å². The second-order valence-corrected chi connectivity index (χ2v) is 4.02. The minimum absolute atomic E-state index is 0.187. The summed E-state index contributed by atoms with van der Waals surface area (Å²) in [6.07, 6.45) is 2.32. The Hall–Kier alpha value is -2.44. The number of nitro benzene ring substituents is 1. The quantitative estimate of drug-likeness (QED) is 0.663. The largest absolute Gasteiger partial charge is 0.379 e. The second-order valence-electron chi connectivity index (χ2n) is 4.02. The highest BCUT2D eigenvalue weighted by Crippen LogP contribution is 2.26. The molecule has 0 aliphatic heterocycles. The summed E-state index contributed by atoms with van der Waals surface area (Å²) in [6, 6.07) is 5.87. The fourth-order valence-electron chi connectivity index (χ4n) is 1.82. The number of aromatic nitrogens is 2. The summed E-state index contributed by atoms with van der Waals surface area (Å²) in [5, 5.41) is 17.7. The second kappa shape index (κ2) is 5.47. The molecule has 2 aromatic rings. The van der Waals surface area contributed by atoms with E-state index in [2.05, 4.69) is 10.4 Å². The lowest BCUT2D eigenvalue weighted by Gasteiger charge is -2.07. The summed E-state index contributed by atoms with van der Waals surface area (Å²) in [5.74, 6) is -0.837. The number of aryl methyl sites for hydroxylation is 1. The Morgan fingerprint density at radius 1 is 1.47 bits per heavy atom. The molecule has 19 heavy (non-hydrogen) atoms. The molecule has 0 spiro atoms. The molecule has 1 heterocycles. The SMILES string of the molecule is Cn1nccc1CCNc1cccc(F)c1[N+](=O)[O-]. The first-order chi connectivity index (χ1) is 9.09. The third-order valence-electron chi connectivity index (χ3n) is 2.79. The third kappa shape index (κ3) is 2.87. The Morgan fingerprint density at radius 2 is 2.26 bits per heavy atom. The molecule has 0 bridgehead atoms. The molecule has 1 aromatic heterocycles. The van der Waals surface area contributed by atoms with Gasteiger partial charge in [0.15, 0.2) is 0 Å². The van der Waals surface area contributed by atoms with Crippen LogP contribution in [0, 0.1) is 15.9 Å². The molecule has 100 valence electrons. The highest BCUT2D eigenvalue weighted by Gasteiger charge is 2.19. The van der Waals surface area contributed by atoms with E-state index >= 15 is 0 Å². The van der Waals surface area contributed by atoms with Crippen LogP contribution < -0.4 is 5.32 Å². The van der Waals surface area contributed by atoms with Gasteiger partial charge in [-0.15, -0.1) is 0 Å². The van der Waals surface area contributed by atoms with Gasteiger partial charge < -0.3 is 5.32 Å². The fraction of sp³-hybridized carbons (Fsp3) is 0.250. The van der Waals surface area contributed by atoms with Crippen molar-refractivity contribution < 1.29 is 9.31 Å². The number of para-hydroxylation sites is 1. The zero-order chi connectivity index (χ0) is 13.8. The molecule has 0 fully saturated rings. The van der Waals surface area contributed by atoms with Gasteiger partial charge in [0.05, 0.1) is 4.92 Å². The van der Waals surface area contributed by atoms with Crippen molar-refractivity contribution in [1.29, 1.82) is 0 Å². The first-order valence-electron chi connectivity index (χ1n) is 5.73. The number of nitro groups is 1. The van der Waals surface area contributed by atoms with Crippen LogP contribution >= 0.6 is 0 Å². The lowest BCUT2D eigenvalue weighted by molar-refractivity contribution is -0.386. The van der Waals surface area contributed by atoms with Crippen molar-refractivity contribution in [1.82, 2.24) is 9.78 Å². The summed E-state index contributed by atoms with van der Waals surface area (Å²) in [6.45, 7) is 0.462. The predicted molar refractivity (Wildman–Crippen MR) is 68.5 cm³/mol. The number of hydrogen-bond donors (Lipinski definition) is 1. The van der Waals surface area contributed by atoms with E-state index in [0.717, 1.165) is 11.8 Å². The van der Waals surface area contributed by atoms with Gasteiger partial charge in [0.1, 0.15) is 5.69 Å². The van der Waals surface area contributed by atoms with Crippen molar-refractivity contribution in [3.05, 3.63) is 52.1 Å². The monoisotopic (exact) mass is 264 g/mol. The minimum atomic E-state index is -0.837. The van der Waals surface area contributed by atoms with Crippen LogP contribution in [-0.4, -0.2) is 21.2 Å². The molecule has 0 saturated carbocycles. The van der Waals surface area contributed by atoms with E-state index in [0.29, 0.717) is 13.0 Å². The Bertz CT molecular complexity index is 597. The van der Waals surface area contributed by atoms with Crippen LogP contribution in [0.2, 0.25) is 0 Å². The number of anilines is 1. The van der Waals surface area contributed by atoms with Gasteiger partial charge >= 0.3 is 5.69 Å². The van der Waals surface area contributed by atoms with Crippen LogP contribution in [0.4, 0.5) is 15.8 Å². The van der Waals surface area contributed by atoms with Crippen LogP contribution in [0.15, 0.2) is 30.5 Å². The highest BCUT2D eigenvalue weighted by molar-refractivity contribution is 5.61. The van der Waals surface area contributed by atoms with Gasteiger partial charge in [0.2, 0.25) is 5.82 Å². The van der Waals surface area contributed by atoms with Crippen molar-refractivity contribution in [3.63, 3.8) is 0 Å². The normalized spacial score (nSPS) is 10.4. The van der Waals surface area contributed by atoms with Crippen molar-refractivity contribution in [2.75, 3.05) is 11.9 Å². The molecule has 0 aliphatic carbocycles. The van der Waals surface area contributed by atoms with E-state index in [1.54, 1.807) is 10.9 Å². The summed E-state index contributed by atoms with van der Waals surface area (Å²) in [5.41, 5.74) is 0.659. The first kappa shape index (κ1) is 13.0. The lowest BCUT2D eigenvalue weighted by Crippen LogP contribution is -2.10. The van der Waals surface area contributed by atoms with Crippen molar-refractivity contribution in [2.45, 2.75) is 6.42 Å². The molecular formula is C12H13FN4O2. The van der Waals surface area contributed by atoms with Gasteiger partial charge in [-0.1, -0.05) is 6.07 Å². The standard InChI is InChI=1S/C12H13FN4O2/c1-16-9(6-8-15-16)5-7-14-11-4-2-3-10(13)12(11)17(18)19/h2-4,6,8,14H,5,7H2,1H3. The van der Waals surface area contributed by atoms with Crippen LogP contribution in [0.25, 0.3) is 0 Å². The smallest absolute Gasteiger partial charge is 0.327 e. The molecule has 0 aliphatic rings. The molecular weight excluding hydrogens is 251 g/mol. The molecule has 1 N–H and O–H groups in total. The minimum Gasteiger partial charge on any atom is -0.379 e. The van der Waals surface area contributed by atoms with E-state index in [1.165, 1.54) is 12.1 Å². The lowest BCUT2D eigenvalue weighted by atomic mass is 10.2. The van der Waals surface area contributed by atoms with E-state index < -0.39 is 16.4 Å². The van der Waals surface area contributed by atoms with Gasteiger partial charge in [-0.05, 0) is 18.2 Å². The fourth-order valence-corrected chi connectivity index (χ4v) is 1.82. The van der Waals surface area contributed by atoms with Crippen molar-refractivity contribution >= 4 is 11.4 Å². The molecule has 1 aromatic carbocycles. The maximum Gasteiger partial charge on any atom is 0.327 e. The van der Waals surface area contributed by atoms with Crippen molar-refractivity contribution in [3.8, 4) is 0 Å². The van der Waals surface area contributed by atoms with E-state index in [1.807, 2.05) is 13.1 Å². The number of nitrogens with one attached hydrogen (secondary N) is 1. The maximum atomic E-state index is 13.4. The Balaban J connectivity index is 2.06. The van der Waals surface area contributed by atoms with Gasteiger partial charge in [-0.3, -0.25) is 14.8 Å². The number of benzene rings is 1. The number of nitrogens with zero attached hydrogens (tertiary/aromatic N) is 3. The molecule has 0 radical (unpaired) electrons. The van der Waals surface area contributed by atoms with Crippen LogP contribution in [0.1, 0.15) is 5.69 Å². The van der Waals surface area contributed by atoms with Crippen LogP contribution in [-0.2, 0) is 13.5 Å². The molecule has 0 atom stereocenters. The maximum absolute atomic E-state index is 13.4.